The molecule has 0 spiro atoms. The summed E-state index contributed by atoms with van der Waals surface area (Å²) in [7, 11) is -2.76. The first-order valence-electron chi connectivity index (χ1n) is 8.56. The molecule has 1 aliphatic rings. The molecule has 0 unspecified atom stereocenters. The van der Waals surface area contributed by atoms with Crippen LogP contribution in [-0.2, 0) is 10.9 Å². The van der Waals surface area contributed by atoms with Crippen LogP contribution in [0, 0.1) is 6.92 Å². The Kier molecular flexibility index (Phi) is 6.15. The van der Waals surface area contributed by atoms with E-state index < -0.39 is 10.9 Å². The Bertz CT molecular complexity index is 979. The number of hydrogen-bond acceptors (Lipinski definition) is 5. The van der Waals surface area contributed by atoms with E-state index >= 15 is 0 Å². The Morgan fingerprint density at radius 3 is 2.14 bits per heavy atom. The summed E-state index contributed by atoms with van der Waals surface area (Å²) in [6.45, 7) is 3.36. The first-order valence-corrected chi connectivity index (χ1v) is 10.1. The fourth-order valence-corrected chi connectivity index (χ4v) is 3.65. The van der Waals surface area contributed by atoms with Crippen LogP contribution in [0.3, 0.4) is 0 Å². The topological polar surface area (TPSA) is 99.7 Å². The van der Waals surface area contributed by atoms with Gasteiger partial charge in [0.1, 0.15) is 0 Å². The minimum atomic E-state index is -2.76. The van der Waals surface area contributed by atoms with Crippen LogP contribution in [0.2, 0.25) is 5.02 Å². The van der Waals surface area contributed by atoms with E-state index in [1.54, 1.807) is 41.0 Å². The SMILES string of the molecule is Cc1cc(C(=O)N2CCN(C(=O)c3cncc(Cl)c3)CC2)ccc1N[SH](=O)=O. The van der Waals surface area contributed by atoms with E-state index in [4.69, 9.17) is 11.6 Å². The van der Waals surface area contributed by atoms with Crippen LogP contribution < -0.4 is 4.72 Å². The highest BCUT2D eigenvalue weighted by atomic mass is 35.5. The maximum Gasteiger partial charge on any atom is 0.255 e. The van der Waals surface area contributed by atoms with Crippen molar-refractivity contribution < 1.29 is 18.0 Å². The molecule has 1 fully saturated rings. The van der Waals surface area contributed by atoms with Gasteiger partial charge >= 0.3 is 0 Å². The lowest BCUT2D eigenvalue weighted by molar-refractivity contribution is 0.0535. The molecule has 3 rings (SSSR count). The molecule has 2 heterocycles. The second-order valence-electron chi connectivity index (χ2n) is 6.37. The highest BCUT2D eigenvalue weighted by Gasteiger charge is 2.26. The first kappa shape index (κ1) is 20.1. The molecular formula is C18H19ClN4O4S. The van der Waals surface area contributed by atoms with Crippen LogP contribution in [0.5, 0.6) is 0 Å². The fourth-order valence-electron chi connectivity index (χ4n) is 3.03. The lowest BCUT2D eigenvalue weighted by Gasteiger charge is -2.35. The van der Waals surface area contributed by atoms with Gasteiger partial charge in [-0.05, 0) is 36.8 Å². The van der Waals surface area contributed by atoms with Crippen molar-refractivity contribution in [3.63, 3.8) is 0 Å². The van der Waals surface area contributed by atoms with Gasteiger partial charge in [-0.3, -0.25) is 19.3 Å². The molecule has 1 aliphatic heterocycles. The van der Waals surface area contributed by atoms with Crippen molar-refractivity contribution in [3.05, 3.63) is 58.4 Å². The Morgan fingerprint density at radius 2 is 1.61 bits per heavy atom. The lowest BCUT2D eigenvalue weighted by Crippen LogP contribution is -2.50. The smallest absolute Gasteiger partial charge is 0.255 e. The third kappa shape index (κ3) is 4.60. The molecule has 1 aromatic carbocycles. The van der Waals surface area contributed by atoms with E-state index in [1.165, 1.54) is 12.4 Å². The molecule has 0 bridgehead atoms. The molecule has 0 atom stereocenters. The highest BCUT2D eigenvalue weighted by molar-refractivity contribution is 7.73. The number of halogens is 1. The number of thiol groups is 1. The average Bonchev–Trinajstić information content (AvgIpc) is 2.68. The van der Waals surface area contributed by atoms with Crippen LogP contribution in [0.25, 0.3) is 0 Å². The summed E-state index contributed by atoms with van der Waals surface area (Å²) >= 11 is 5.89. The number of hydrogen-bond donors (Lipinski definition) is 2. The predicted octanol–water partition coefficient (Wildman–Crippen LogP) is 1.58. The van der Waals surface area contributed by atoms with Crippen LogP contribution in [0.4, 0.5) is 5.69 Å². The maximum absolute atomic E-state index is 12.7. The molecule has 10 heteroatoms. The number of pyridine rings is 1. The predicted molar refractivity (Wildman–Crippen MR) is 106 cm³/mol. The average molecular weight is 423 g/mol. The highest BCUT2D eigenvalue weighted by Crippen LogP contribution is 2.19. The van der Waals surface area contributed by atoms with Crippen molar-refractivity contribution in [2.45, 2.75) is 6.92 Å². The molecule has 1 saturated heterocycles. The van der Waals surface area contributed by atoms with Gasteiger partial charge in [0.2, 0.25) is 10.9 Å². The minimum Gasteiger partial charge on any atom is -0.335 e. The monoisotopic (exact) mass is 422 g/mol. The zero-order valence-electron chi connectivity index (χ0n) is 15.1. The molecule has 1 aromatic heterocycles. The second kappa shape index (κ2) is 8.57. The minimum absolute atomic E-state index is 0.155. The van der Waals surface area contributed by atoms with Gasteiger partial charge in [0.25, 0.3) is 11.8 Å². The summed E-state index contributed by atoms with van der Waals surface area (Å²) in [5, 5.41) is 0.398. The van der Waals surface area contributed by atoms with Gasteiger partial charge in [0, 0.05) is 44.1 Å². The van der Waals surface area contributed by atoms with E-state index in [-0.39, 0.29) is 11.8 Å². The zero-order chi connectivity index (χ0) is 20.3. The van der Waals surface area contributed by atoms with Gasteiger partial charge in [-0.1, -0.05) is 11.6 Å². The summed E-state index contributed by atoms with van der Waals surface area (Å²) in [5.74, 6) is -0.322. The summed E-state index contributed by atoms with van der Waals surface area (Å²) in [6, 6.07) is 6.38. The van der Waals surface area contributed by atoms with Gasteiger partial charge in [-0.25, -0.2) is 8.42 Å². The van der Waals surface area contributed by atoms with Gasteiger partial charge in [0.15, 0.2) is 0 Å². The van der Waals surface area contributed by atoms with Crippen LogP contribution in [0.15, 0.2) is 36.7 Å². The Labute approximate surface area is 169 Å². The molecule has 0 saturated carbocycles. The van der Waals surface area contributed by atoms with E-state index in [9.17, 15) is 18.0 Å². The Balaban J connectivity index is 1.63. The molecule has 1 N–H and O–H groups in total. The molecule has 0 radical (unpaired) electrons. The summed E-state index contributed by atoms with van der Waals surface area (Å²) < 4.78 is 23.9. The number of carbonyl (C=O) groups excluding carboxylic acids is 2. The maximum atomic E-state index is 12.7. The van der Waals surface area contributed by atoms with Crippen LogP contribution >= 0.6 is 11.6 Å². The van der Waals surface area contributed by atoms with Crippen LogP contribution in [0.1, 0.15) is 26.3 Å². The number of benzene rings is 1. The summed E-state index contributed by atoms with van der Waals surface area (Å²) in [5.41, 5.74) is 2.00. The van der Waals surface area contributed by atoms with Crippen molar-refractivity contribution in [2.75, 3.05) is 30.9 Å². The Hall–Kier alpha value is -2.65. The standard InChI is InChI=1S/C18H19ClN4O4S/c1-12-8-13(2-3-16(12)21-28(26)27)17(24)22-4-6-23(7-5-22)18(25)14-9-15(19)11-20-10-14/h2-3,8-11,28H,4-7H2,1H3,(H,21,26,27). The van der Waals surface area contributed by atoms with Gasteiger partial charge in [0.05, 0.1) is 16.3 Å². The van der Waals surface area contributed by atoms with Crippen molar-refractivity contribution in [1.82, 2.24) is 14.8 Å². The van der Waals surface area contributed by atoms with Crippen molar-refractivity contribution in [3.8, 4) is 0 Å². The van der Waals surface area contributed by atoms with E-state index in [0.717, 1.165) is 0 Å². The van der Waals surface area contributed by atoms with Gasteiger partial charge in [-0.2, -0.15) is 0 Å². The third-order valence-corrected chi connectivity index (χ3v) is 5.12. The van der Waals surface area contributed by atoms with E-state index in [0.29, 0.717) is 53.6 Å². The van der Waals surface area contributed by atoms with Crippen molar-refractivity contribution in [1.29, 1.82) is 0 Å². The normalized spacial score (nSPS) is 14.2. The third-order valence-electron chi connectivity index (χ3n) is 4.49. The Morgan fingerprint density at radius 1 is 1.00 bits per heavy atom. The lowest BCUT2D eigenvalue weighted by atomic mass is 10.1. The number of aromatic nitrogens is 1. The zero-order valence-corrected chi connectivity index (χ0v) is 16.7. The van der Waals surface area contributed by atoms with E-state index in [2.05, 4.69) is 9.71 Å². The first-order chi connectivity index (χ1) is 13.3. The number of anilines is 1. The largest absolute Gasteiger partial charge is 0.335 e. The summed E-state index contributed by atoms with van der Waals surface area (Å²) in [6.07, 6.45) is 2.94. The van der Waals surface area contributed by atoms with E-state index in [1.807, 2.05) is 0 Å². The molecular weight excluding hydrogens is 404 g/mol. The molecule has 148 valence electrons. The number of amides is 2. The van der Waals surface area contributed by atoms with Crippen molar-refractivity contribution >= 4 is 40.0 Å². The number of carbonyl (C=O) groups is 2. The molecule has 0 aliphatic carbocycles. The molecule has 28 heavy (non-hydrogen) atoms. The van der Waals surface area contributed by atoms with Crippen molar-refractivity contribution in [2.24, 2.45) is 0 Å². The molecule has 2 amide bonds. The van der Waals surface area contributed by atoms with Crippen LogP contribution in [-0.4, -0.2) is 61.2 Å². The number of piperazine rings is 1. The molecule has 2 aromatic rings. The van der Waals surface area contributed by atoms with Gasteiger partial charge < -0.3 is 9.80 Å². The number of nitrogens with zero attached hydrogens (tertiary/aromatic N) is 3. The summed E-state index contributed by atoms with van der Waals surface area (Å²) in [4.78, 5) is 32.5. The second-order valence-corrected chi connectivity index (χ2v) is 7.55. The number of nitrogens with one attached hydrogen (secondary N) is 1. The molecule has 8 nitrogen and oxygen atoms in total. The fraction of sp³-hybridized carbons (Fsp3) is 0.278. The number of rotatable bonds is 4. The number of aryl methyl sites for hydroxylation is 1. The quantitative estimate of drug-likeness (QED) is 0.729. The van der Waals surface area contributed by atoms with Gasteiger partial charge in [-0.15, -0.1) is 0 Å².